The first-order valence-electron chi connectivity index (χ1n) is 4.12. The van der Waals surface area contributed by atoms with Crippen molar-refractivity contribution < 1.29 is 4.79 Å². The Labute approximate surface area is 67.7 Å². The number of carbonyl (C=O) groups is 1. The molecule has 0 bridgehead atoms. The van der Waals surface area contributed by atoms with Gasteiger partial charge in [-0.15, -0.1) is 0 Å². The van der Waals surface area contributed by atoms with Crippen LogP contribution in [0, 0.1) is 0 Å². The summed E-state index contributed by atoms with van der Waals surface area (Å²) in [6.07, 6.45) is 6.49. The first-order valence-corrected chi connectivity index (χ1v) is 4.12. The van der Waals surface area contributed by atoms with Crippen LogP contribution in [0.25, 0.3) is 0 Å². The fraction of sp³-hybridized carbons (Fsp3) is 0.667. The molecule has 0 aromatic rings. The highest BCUT2D eigenvalue weighted by atomic mass is 16.1. The van der Waals surface area contributed by atoms with Crippen molar-refractivity contribution in [2.75, 3.05) is 7.05 Å². The summed E-state index contributed by atoms with van der Waals surface area (Å²) in [7, 11) is 1.86. The SMILES string of the molecule is CCC(=O)C1(NC)CC=CC1. The third-order valence-corrected chi connectivity index (χ3v) is 2.43. The van der Waals surface area contributed by atoms with Crippen molar-refractivity contribution in [3.05, 3.63) is 12.2 Å². The number of ketones is 1. The molecule has 0 fully saturated rings. The van der Waals surface area contributed by atoms with Gasteiger partial charge < -0.3 is 5.32 Å². The number of carbonyl (C=O) groups excluding carboxylic acids is 1. The Kier molecular flexibility index (Phi) is 2.45. The summed E-state index contributed by atoms with van der Waals surface area (Å²) in [5.41, 5.74) is -0.255. The largest absolute Gasteiger partial charge is 0.308 e. The van der Waals surface area contributed by atoms with Crippen molar-refractivity contribution in [3.8, 4) is 0 Å². The monoisotopic (exact) mass is 153 g/mol. The van der Waals surface area contributed by atoms with Gasteiger partial charge in [0, 0.05) is 6.42 Å². The summed E-state index contributed by atoms with van der Waals surface area (Å²) in [5.74, 6) is 0.324. The Morgan fingerprint density at radius 1 is 1.55 bits per heavy atom. The Bertz CT molecular complexity index is 176. The minimum atomic E-state index is -0.255. The quantitative estimate of drug-likeness (QED) is 0.619. The molecule has 0 aromatic heterocycles. The lowest BCUT2D eigenvalue weighted by atomic mass is 9.90. The van der Waals surface area contributed by atoms with Crippen LogP contribution in [0.15, 0.2) is 12.2 Å². The van der Waals surface area contributed by atoms with Crippen molar-refractivity contribution in [1.82, 2.24) is 5.32 Å². The summed E-state index contributed by atoms with van der Waals surface area (Å²) in [6.45, 7) is 1.92. The maximum Gasteiger partial charge on any atom is 0.153 e. The molecule has 62 valence electrons. The minimum absolute atomic E-state index is 0.255. The normalized spacial score (nSPS) is 20.5. The van der Waals surface area contributed by atoms with Crippen LogP contribution in [-0.4, -0.2) is 18.4 Å². The Hall–Kier alpha value is -0.630. The van der Waals surface area contributed by atoms with Crippen molar-refractivity contribution in [3.63, 3.8) is 0 Å². The van der Waals surface area contributed by atoms with Gasteiger partial charge in [0.05, 0.1) is 5.54 Å². The molecule has 0 atom stereocenters. The van der Waals surface area contributed by atoms with Gasteiger partial charge in [-0.25, -0.2) is 0 Å². The molecule has 1 aliphatic carbocycles. The van der Waals surface area contributed by atoms with Crippen LogP contribution in [0.3, 0.4) is 0 Å². The third-order valence-electron chi connectivity index (χ3n) is 2.43. The van der Waals surface area contributed by atoms with E-state index in [4.69, 9.17) is 0 Å². The van der Waals surface area contributed by atoms with Gasteiger partial charge in [-0.1, -0.05) is 19.1 Å². The summed E-state index contributed by atoms with van der Waals surface area (Å²) in [5, 5.41) is 3.12. The second-order valence-corrected chi connectivity index (χ2v) is 2.99. The molecule has 1 rings (SSSR count). The maximum absolute atomic E-state index is 11.5. The van der Waals surface area contributed by atoms with Gasteiger partial charge in [-0.05, 0) is 19.9 Å². The van der Waals surface area contributed by atoms with Gasteiger partial charge >= 0.3 is 0 Å². The predicted molar refractivity (Wildman–Crippen MR) is 45.5 cm³/mol. The molecule has 2 nitrogen and oxygen atoms in total. The first kappa shape index (κ1) is 8.47. The van der Waals surface area contributed by atoms with Crippen LogP contribution in [0.5, 0.6) is 0 Å². The minimum Gasteiger partial charge on any atom is -0.308 e. The van der Waals surface area contributed by atoms with Gasteiger partial charge in [-0.3, -0.25) is 4.79 Å². The lowest BCUT2D eigenvalue weighted by Gasteiger charge is -2.26. The van der Waals surface area contributed by atoms with Crippen LogP contribution < -0.4 is 5.32 Å². The molecule has 1 N–H and O–H groups in total. The fourth-order valence-electron chi connectivity index (χ4n) is 1.56. The average Bonchev–Trinajstić information content (AvgIpc) is 2.52. The number of hydrogen-bond donors (Lipinski definition) is 1. The van der Waals surface area contributed by atoms with E-state index in [-0.39, 0.29) is 5.54 Å². The zero-order chi connectivity index (χ0) is 8.32. The first-order chi connectivity index (χ1) is 5.25. The van der Waals surface area contributed by atoms with Crippen LogP contribution in [0.2, 0.25) is 0 Å². The van der Waals surface area contributed by atoms with Crippen molar-refractivity contribution in [1.29, 1.82) is 0 Å². The molecule has 1 aliphatic rings. The van der Waals surface area contributed by atoms with E-state index in [1.165, 1.54) is 0 Å². The van der Waals surface area contributed by atoms with Crippen molar-refractivity contribution in [2.24, 2.45) is 0 Å². The molecule has 0 unspecified atom stereocenters. The molecule has 0 radical (unpaired) electrons. The standard InChI is InChI=1S/C9H15NO/c1-3-8(11)9(10-2)6-4-5-7-9/h4-5,10H,3,6-7H2,1-2H3. The van der Waals surface area contributed by atoms with Gasteiger partial charge in [-0.2, -0.15) is 0 Å². The average molecular weight is 153 g/mol. The number of likely N-dealkylation sites (N-methyl/N-ethyl adjacent to an activating group) is 1. The fourth-order valence-corrected chi connectivity index (χ4v) is 1.56. The van der Waals surface area contributed by atoms with E-state index in [0.717, 1.165) is 12.8 Å². The molecule has 0 amide bonds. The van der Waals surface area contributed by atoms with E-state index in [2.05, 4.69) is 17.5 Å². The summed E-state index contributed by atoms with van der Waals surface area (Å²) >= 11 is 0. The predicted octanol–water partition coefficient (Wildman–Crippen LogP) is 1.27. The number of hydrogen-bond acceptors (Lipinski definition) is 2. The maximum atomic E-state index is 11.5. The molecule has 0 heterocycles. The van der Waals surface area contributed by atoms with Crippen LogP contribution in [-0.2, 0) is 4.79 Å². The molecule has 0 saturated heterocycles. The van der Waals surface area contributed by atoms with E-state index >= 15 is 0 Å². The second kappa shape index (κ2) is 3.18. The summed E-state index contributed by atoms with van der Waals surface area (Å²) < 4.78 is 0. The van der Waals surface area contributed by atoms with Gasteiger partial charge in [0.15, 0.2) is 5.78 Å². The Morgan fingerprint density at radius 2 is 2.09 bits per heavy atom. The third kappa shape index (κ3) is 1.36. The molecule has 0 aliphatic heterocycles. The van der Waals surface area contributed by atoms with Crippen molar-refractivity contribution >= 4 is 5.78 Å². The van der Waals surface area contributed by atoms with E-state index < -0.39 is 0 Å². The van der Waals surface area contributed by atoms with E-state index in [9.17, 15) is 4.79 Å². The molecule has 11 heavy (non-hydrogen) atoms. The topological polar surface area (TPSA) is 29.1 Å². The van der Waals surface area contributed by atoms with Gasteiger partial charge in [0.2, 0.25) is 0 Å². The van der Waals surface area contributed by atoms with Gasteiger partial charge in [0.1, 0.15) is 0 Å². The number of nitrogens with one attached hydrogen (secondary N) is 1. The highest BCUT2D eigenvalue weighted by Crippen LogP contribution is 2.25. The highest BCUT2D eigenvalue weighted by molar-refractivity contribution is 5.89. The van der Waals surface area contributed by atoms with E-state index in [1.54, 1.807) is 0 Å². The molecule has 0 spiro atoms. The lowest BCUT2D eigenvalue weighted by Crippen LogP contribution is -2.47. The highest BCUT2D eigenvalue weighted by Gasteiger charge is 2.35. The molecule has 2 heteroatoms. The molecule has 0 aromatic carbocycles. The Morgan fingerprint density at radius 3 is 2.45 bits per heavy atom. The summed E-state index contributed by atoms with van der Waals surface area (Å²) in [4.78, 5) is 11.5. The Balaban J connectivity index is 2.69. The summed E-state index contributed by atoms with van der Waals surface area (Å²) in [6, 6.07) is 0. The van der Waals surface area contributed by atoms with Crippen LogP contribution >= 0.6 is 0 Å². The second-order valence-electron chi connectivity index (χ2n) is 2.99. The lowest BCUT2D eigenvalue weighted by molar-refractivity contribution is -0.124. The van der Waals surface area contributed by atoms with E-state index in [1.807, 2.05) is 14.0 Å². The molecular weight excluding hydrogens is 138 g/mol. The zero-order valence-corrected chi connectivity index (χ0v) is 7.18. The van der Waals surface area contributed by atoms with E-state index in [0.29, 0.717) is 12.2 Å². The van der Waals surface area contributed by atoms with Crippen LogP contribution in [0.1, 0.15) is 26.2 Å². The smallest absolute Gasteiger partial charge is 0.153 e. The number of Topliss-reactive ketones (excluding diaryl/α,β-unsaturated/α-hetero) is 1. The number of rotatable bonds is 3. The molecule has 0 saturated carbocycles. The zero-order valence-electron chi connectivity index (χ0n) is 7.18. The van der Waals surface area contributed by atoms with Gasteiger partial charge in [0.25, 0.3) is 0 Å². The van der Waals surface area contributed by atoms with Crippen LogP contribution in [0.4, 0.5) is 0 Å². The van der Waals surface area contributed by atoms with Crippen molar-refractivity contribution in [2.45, 2.75) is 31.7 Å². The molecular formula is C9H15NO.